The maximum Gasteiger partial charge on any atom is 0.204 e. The molecule has 1 N–H and O–H groups in total. The van der Waals surface area contributed by atoms with E-state index in [0.29, 0.717) is 18.1 Å². The van der Waals surface area contributed by atoms with Gasteiger partial charge in [-0.05, 0) is 31.2 Å². The Morgan fingerprint density at radius 1 is 1.22 bits per heavy atom. The van der Waals surface area contributed by atoms with Crippen LogP contribution >= 0.6 is 11.3 Å². The lowest BCUT2D eigenvalue weighted by Crippen LogP contribution is -2.00. The molecule has 3 rings (SSSR count). The Balaban J connectivity index is 1.79. The second-order valence-electron chi connectivity index (χ2n) is 4.67. The molecule has 6 heteroatoms. The number of aromatic nitrogens is 1. The first-order valence-corrected chi connectivity index (χ1v) is 8.08. The monoisotopic (exact) mass is 327 g/mol. The van der Waals surface area contributed by atoms with Crippen molar-refractivity contribution in [2.75, 3.05) is 19.1 Å². The van der Waals surface area contributed by atoms with Gasteiger partial charge in [0, 0.05) is 5.56 Å². The summed E-state index contributed by atoms with van der Waals surface area (Å²) in [4.78, 5) is 4.47. The lowest BCUT2D eigenvalue weighted by atomic mass is 10.2. The Morgan fingerprint density at radius 2 is 2.09 bits per heavy atom. The predicted molar refractivity (Wildman–Crippen MR) is 95.0 cm³/mol. The Bertz CT molecular complexity index is 797. The molecule has 0 saturated carbocycles. The third-order valence-corrected chi connectivity index (χ3v) is 4.12. The number of hydrogen-bond donors (Lipinski definition) is 1. The highest BCUT2D eigenvalue weighted by atomic mass is 32.1. The predicted octanol–water partition coefficient (Wildman–Crippen LogP) is 4.15. The number of para-hydroxylation sites is 2. The average Bonchev–Trinajstić information content (AvgIpc) is 2.99. The summed E-state index contributed by atoms with van der Waals surface area (Å²) in [7, 11) is 1.62. The van der Waals surface area contributed by atoms with E-state index < -0.39 is 0 Å². The molecule has 0 unspecified atom stereocenters. The minimum Gasteiger partial charge on any atom is -0.493 e. The average molecular weight is 327 g/mol. The van der Waals surface area contributed by atoms with Crippen LogP contribution in [0, 0.1) is 0 Å². The van der Waals surface area contributed by atoms with Gasteiger partial charge >= 0.3 is 0 Å². The molecule has 1 aromatic heterocycles. The van der Waals surface area contributed by atoms with Gasteiger partial charge < -0.3 is 9.47 Å². The summed E-state index contributed by atoms with van der Waals surface area (Å²) in [5.74, 6) is 1.38. The van der Waals surface area contributed by atoms with Gasteiger partial charge in [0.2, 0.25) is 5.13 Å². The highest BCUT2D eigenvalue weighted by Gasteiger charge is 2.08. The van der Waals surface area contributed by atoms with Crippen molar-refractivity contribution in [1.82, 2.24) is 4.98 Å². The summed E-state index contributed by atoms with van der Waals surface area (Å²) in [6.07, 6.45) is 1.71. The number of hydrazone groups is 1. The van der Waals surface area contributed by atoms with Gasteiger partial charge in [-0.25, -0.2) is 4.98 Å². The molecule has 0 radical (unpaired) electrons. The molecule has 0 atom stereocenters. The third-order valence-electron chi connectivity index (χ3n) is 3.18. The van der Waals surface area contributed by atoms with Gasteiger partial charge in [-0.1, -0.05) is 29.5 Å². The highest BCUT2D eigenvalue weighted by Crippen LogP contribution is 2.30. The number of anilines is 1. The highest BCUT2D eigenvalue weighted by molar-refractivity contribution is 7.22. The van der Waals surface area contributed by atoms with Crippen LogP contribution in [-0.2, 0) is 0 Å². The standard InChI is InChI=1S/C17H17N3O2S/c1-3-22-16-12(7-6-9-14(16)21-2)11-18-20-17-19-13-8-4-5-10-15(13)23-17/h4-11H,3H2,1-2H3,(H,19,20)/b18-11-. The quantitative estimate of drug-likeness (QED) is 0.546. The number of fused-ring (bicyclic) bond motifs is 1. The molecular formula is C17H17N3O2S. The second-order valence-corrected chi connectivity index (χ2v) is 5.70. The summed E-state index contributed by atoms with van der Waals surface area (Å²) >= 11 is 1.56. The molecule has 0 fully saturated rings. The van der Waals surface area contributed by atoms with Crippen molar-refractivity contribution in [3.63, 3.8) is 0 Å². The maximum absolute atomic E-state index is 5.65. The first-order valence-electron chi connectivity index (χ1n) is 7.26. The lowest BCUT2D eigenvalue weighted by Gasteiger charge is -2.11. The topological polar surface area (TPSA) is 55.7 Å². The molecule has 3 aromatic rings. The van der Waals surface area contributed by atoms with E-state index in [1.165, 1.54) is 0 Å². The molecule has 2 aromatic carbocycles. The van der Waals surface area contributed by atoms with Crippen LogP contribution in [0.1, 0.15) is 12.5 Å². The fraction of sp³-hybridized carbons (Fsp3) is 0.176. The molecule has 1 heterocycles. The first-order chi connectivity index (χ1) is 11.3. The molecule has 5 nitrogen and oxygen atoms in total. The molecule has 23 heavy (non-hydrogen) atoms. The molecule has 0 saturated heterocycles. The third kappa shape index (κ3) is 3.43. The van der Waals surface area contributed by atoms with Crippen LogP contribution in [0.4, 0.5) is 5.13 Å². The molecule has 0 aliphatic carbocycles. The Labute approximate surface area is 138 Å². The maximum atomic E-state index is 5.65. The van der Waals surface area contributed by atoms with E-state index >= 15 is 0 Å². The van der Waals surface area contributed by atoms with Crippen LogP contribution in [0.25, 0.3) is 10.2 Å². The van der Waals surface area contributed by atoms with E-state index in [-0.39, 0.29) is 0 Å². The van der Waals surface area contributed by atoms with Crippen molar-refractivity contribution in [2.24, 2.45) is 5.10 Å². The summed E-state index contributed by atoms with van der Waals surface area (Å²) in [6.45, 7) is 2.50. The van der Waals surface area contributed by atoms with Gasteiger partial charge in [0.05, 0.1) is 30.1 Å². The SMILES string of the molecule is CCOc1c(/C=N\Nc2nc3ccccc3s2)cccc1OC. The van der Waals surface area contributed by atoms with Gasteiger partial charge in [-0.15, -0.1) is 0 Å². The van der Waals surface area contributed by atoms with E-state index in [0.717, 1.165) is 20.9 Å². The fourth-order valence-corrected chi connectivity index (χ4v) is 2.99. The van der Waals surface area contributed by atoms with Gasteiger partial charge in [0.25, 0.3) is 0 Å². The number of ether oxygens (including phenoxy) is 2. The van der Waals surface area contributed by atoms with Crippen LogP contribution in [0.2, 0.25) is 0 Å². The number of thiazole rings is 1. The van der Waals surface area contributed by atoms with Gasteiger partial charge in [0.15, 0.2) is 11.5 Å². The van der Waals surface area contributed by atoms with Gasteiger partial charge in [-0.3, -0.25) is 5.43 Å². The fourth-order valence-electron chi connectivity index (χ4n) is 2.17. The molecule has 0 bridgehead atoms. The van der Waals surface area contributed by atoms with Crippen molar-refractivity contribution in [1.29, 1.82) is 0 Å². The first kappa shape index (κ1) is 15.3. The van der Waals surface area contributed by atoms with E-state index in [1.807, 2.05) is 49.4 Å². The Morgan fingerprint density at radius 3 is 2.87 bits per heavy atom. The smallest absolute Gasteiger partial charge is 0.204 e. The zero-order valence-electron chi connectivity index (χ0n) is 12.9. The van der Waals surface area contributed by atoms with E-state index in [1.54, 1.807) is 24.7 Å². The lowest BCUT2D eigenvalue weighted by molar-refractivity contribution is 0.310. The number of nitrogens with zero attached hydrogens (tertiary/aromatic N) is 2. The van der Waals surface area contributed by atoms with E-state index in [9.17, 15) is 0 Å². The number of methoxy groups -OCH3 is 1. The van der Waals surface area contributed by atoms with Crippen molar-refractivity contribution in [3.8, 4) is 11.5 Å². The molecule has 0 aliphatic rings. The largest absolute Gasteiger partial charge is 0.493 e. The number of rotatable bonds is 6. The summed E-state index contributed by atoms with van der Waals surface area (Å²) in [5, 5.41) is 5.02. The Hall–Kier alpha value is -2.60. The van der Waals surface area contributed by atoms with Crippen LogP contribution in [0.15, 0.2) is 47.6 Å². The number of nitrogens with one attached hydrogen (secondary N) is 1. The van der Waals surface area contributed by atoms with Crippen molar-refractivity contribution >= 4 is 32.9 Å². The summed E-state index contributed by atoms with van der Waals surface area (Å²) in [5.41, 5.74) is 4.78. The normalized spacial score (nSPS) is 11.0. The molecule has 0 spiro atoms. The van der Waals surface area contributed by atoms with Crippen molar-refractivity contribution < 1.29 is 9.47 Å². The number of benzene rings is 2. The van der Waals surface area contributed by atoms with Crippen LogP contribution in [-0.4, -0.2) is 24.9 Å². The second kappa shape index (κ2) is 7.11. The minimum atomic E-state index is 0.562. The zero-order valence-corrected chi connectivity index (χ0v) is 13.8. The molecule has 0 amide bonds. The number of hydrogen-bond acceptors (Lipinski definition) is 6. The van der Waals surface area contributed by atoms with Crippen molar-refractivity contribution in [3.05, 3.63) is 48.0 Å². The van der Waals surface area contributed by atoms with Crippen LogP contribution < -0.4 is 14.9 Å². The minimum absolute atomic E-state index is 0.562. The zero-order chi connectivity index (χ0) is 16.1. The van der Waals surface area contributed by atoms with E-state index in [4.69, 9.17) is 9.47 Å². The van der Waals surface area contributed by atoms with Crippen LogP contribution in [0.5, 0.6) is 11.5 Å². The molecule has 0 aliphatic heterocycles. The summed E-state index contributed by atoms with van der Waals surface area (Å²) < 4.78 is 12.1. The van der Waals surface area contributed by atoms with Gasteiger partial charge in [0.1, 0.15) is 0 Å². The van der Waals surface area contributed by atoms with Crippen LogP contribution in [0.3, 0.4) is 0 Å². The molecule has 118 valence electrons. The molecular weight excluding hydrogens is 310 g/mol. The van der Waals surface area contributed by atoms with E-state index in [2.05, 4.69) is 15.5 Å². The summed E-state index contributed by atoms with van der Waals surface area (Å²) in [6, 6.07) is 13.7. The Kier molecular flexibility index (Phi) is 4.73. The van der Waals surface area contributed by atoms with Crippen molar-refractivity contribution in [2.45, 2.75) is 6.92 Å². The van der Waals surface area contributed by atoms with Gasteiger partial charge in [-0.2, -0.15) is 5.10 Å².